The van der Waals surface area contributed by atoms with Crippen LogP contribution in [0.3, 0.4) is 0 Å². The molecule has 7 rings (SSSR count). The number of hydrogen-bond donors (Lipinski definition) is 9. The Morgan fingerprint density at radius 2 is 0.877 bits per heavy atom. The van der Waals surface area contributed by atoms with Crippen molar-refractivity contribution in [3.05, 3.63) is 84.9 Å². The summed E-state index contributed by atoms with van der Waals surface area (Å²) in [5, 5.41) is 41.8. The monoisotopic (exact) mass is 1130 g/mol. The molecule has 0 unspecified atom stereocenters. The lowest BCUT2D eigenvalue weighted by Crippen LogP contribution is -2.07. The highest BCUT2D eigenvalue weighted by atomic mass is 32.2. The highest BCUT2D eigenvalue weighted by Gasteiger charge is 2.27. The molecule has 1 heterocycles. The minimum Gasteiger partial charge on any atom is -0.494 e. The van der Waals surface area contributed by atoms with Crippen molar-refractivity contribution in [2.75, 3.05) is 24.9 Å². The third-order valence-corrected chi connectivity index (χ3v) is 14.5. The minimum atomic E-state index is -5.29. The second-order valence-electron chi connectivity index (χ2n) is 14.2. The number of rotatable bonds is 18. The van der Waals surface area contributed by atoms with Crippen molar-refractivity contribution < 1.29 is 94.1 Å². The van der Waals surface area contributed by atoms with Crippen molar-refractivity contribution in [1.29, 1.82) is 0 Å². The van der Waals surface area contributed by atoms with Gasteiger partial charge in [-0.2, -0.15) is 77.5 Å². The largest absolute Gasteiger partial charge is 0.494 e. The van der Waals surface area contributed by atoms with Crippen molar-refractivity contribution in [2.45, 2.75) is 29.4 Å². The van der Waals surface area contributed by atoms with Crippen LogP contribution in [0, 0.1) is 0 Å². The number of hydrogen-bond acceptors (Lipinski definition) is 26. The lowest BCUT2D eigenvalue weighted by atomic mass is 10.1. The van der Waals surface area contributed by atoms with E-state index in [1.165, 1.54) is 50.6 Å². The van der Waals surface area contributed by atoms with E-state index >= 15 is 0 Å². The first-order valence-corrected chi connectivity index (χ1v) is 26.9. The summed E-state index contributed by atoms with van der Waals surface area (Å²) in [4.78, 5) is 6.77. The summed E-state index contributed by atoms with van der Waals surface area (Å²) in [6.07, 6.45) is 0. The van der Waals surface area contributed by atoms with E-state index in [1.54, 1.807) is 0 Å². The summed E-state index contributed by atoms with van der Waals surface area (Å²) in [5.41, 5.74) is -0.300. The van der Waals surface area contributed by atoms with Crippen LogP contribution < -0.4 is 20.1 Å². The van der Waals surface area contributed by atoms with Gasteiger partial charge in [0, 0.05) is 38.6 Å². The first-order chi connectivity index (χ1) is 34.0. The Kier molecular flexibility index (Phi) is 15.0. The molecule has 0 aliphatic heterocycles. The first-order valence-electron chi connectivity index (χ1n) is 19.0. The van der Waals surface area contributed by atoms with Crippen molar-refractivity contribution in [2.24, 2.45) is 20.5 Å². The smallest absolute Gasteiger partial charge is 0.320 e. The Hall–Kier alpha value is -7.17. The van der Waals surface area contributed by atoms with Gasteiger partial charge in [-0.25, -0.2) is 5.26 Å². The number of ether oxygens (including phenoxy) is 2. The van der Waals surface area contributed by atoms with E-state index in [4.69, 9.17) is 14.7 Å². The van der Waals surface area contributed by atoms with Crippen LogP contribution in [0.5, 0.6) is 17.5 Å². The predicted octanol–water partition coefficient (Wildman–Crippen LogP) is 6.88. The molecular formula is C37H29N9O21S6. The van der Waals surface area contributed by atoms with Crippen LogP contribution in [0.2, 0.25) is 0 Å². The number of nitrogens with zero attached hydrogens (tertiary/aromatic N) is 7. The number of nitrogens with one attached hydrogen (secondary N) is 2. The van der Waals surface area contributed by atoms with Gasteiger partial charge in [0.1, 0.15) is 31.1 Å². The van der Waals surface area contributed by atoms with Gasteiger partial charge in [-0.05, 0) is 72.8 Å². The lowest BCUT2D eigenvalue weighted by Gasteiger charge is -2.13. The van der Waals surface area contributed by atoms with Gasteiger partial charge in [0.2, 0.25) is 11.9 Å². The number of anilines is 4. The van der Waals surface area contributed by atoms with Crippen molar-refractivity contribution >= 4 is 130 Å². The second kappa shape index (κ2) is 20.4. The third kappa shape index (κ3) is 12.5. The lowest BCUT2D eigenvalue weighted by molar-refractivity contribution is -0.432. The summed E-state index contributed by atoms with van der Waals surface area (Å²) in [6, 6.07) is 13.8. The summed E-state index contributed by atoms with van der Waals surface area (Å²) in [5.74, 6) is -0.387. The number of aromatic nitrogens is 3. The highest BCUT2D eigenvalue weighted by molar-refractivity contribution is 7.94. The molecule has 0 amide bonds. The number of benzene rings is 6. The average Bonchev–Trinajstić information content (AvgIpc) is 3.29. The van der Waals surface area contributed by atoms with Gasteiger partial charge < -0.3 is 25.2 Å². The highest BCUT2D eigenvalue weighted by Crippen LogP contribution is 2.40. The summed E-state index contributed by atoms with van der Waals surface area (Å²) in [7, 11) is -23.3. The van der Waals surface area contributed by atoms with Crippen LogP contribution in [0.15, 0.2) is 135 Å². The average molecular weight is 1130 g/mol. The van der Waals surface area contributed by atoms with Gasteiger partial charge in [0.15, 0.2) is 0 Å². The number of azo groups is 2. The molecule has 6 aromatic carbocycles. The zero-order chi connectivity index (χ0) is 53.4. The fourth-order valence-corrected chi connectivity index (χ4v) is 10.6. The van der Waals surface area contributed by atoms with E-state index in [1.807, 2.05) is 0 Å². The van der Waals surface area contributed by atoms with Gasteiger partial charge >= 0.3 is 6.01 Å². The fourth-order valence-electron chi connectivity index (χ4n) is 6.57. The summed E-state index contributed by atoms with van der Waals surface area (Å²) in [6.45, 7) is 0. The Morgan fingerprint density at radius 1 is 0.479 bits per heavy atom. The zero-order valence-electron chi connectivity index (χ0n) is 36.0. The Bertz CT molecular complexity index is 4060. The topological polar surface area (TPSA) is 461 Å². The molecule has 30 nitrogen and oxygen atoms in total. The first kappa shape index (κ1) is 53.6. The molecule has 0 bridgehead atoms. The van der Waals surface area contributed by atoms with Crippen LogP contribution in [0.4, 0.5) is 46.0 Å². The summed E-state index contributed by atoms with van der Waals surface area (Å²) >= 11 is 0.243. The standard InChI is InChI=1S/C37H29N9O21S6/c1-64-29-9-17(43-45-19-7-23-25(31(11-19)70(52,53)54)13-21(68-67-66-48)14-33(23)72(58,59)60)3-5-27(29)38-35-40-36(42-37(47)41-35)39-28-6-4-18(10-30(28)65-2)44-46-20-8-24-26(32(12-20)71(55,56)57)15-22(69(49,50)51)16-34(24)73(61,62)63/h3-16,48H,1-2H3,(H,49,50,51)(H,52,53,54)(H,55,56,57)(H,58,59,60)(H,61,62,63)(H3,38,39,40,41,42,47)/b45-43+,46-44+. The minimum absolute atomic E-state index is 0.0192. The molecule has 73 heavy (non-hydrogen) atoms. The molecule has 9 N–H and O–H groups in total. The molecule has 0 fully saturated rings. The Labute approximate surface area is 414 Å². The quantitative estimate of drug-likeness (QED) is 0.0139. The molecule has 384 valence electrons. The molecule has 1 aromatic heterocycles. The van der Waals surface area contributed by atoms with E-state index in [9.17, 15) is 70.0 Å². The van der Waals surface area contributed by atoms with E-state index in [2.05, 4.69) is 55.4 Å². The molecular weight excluding hydrogens is 1100 g/mol. The normalized spacial score (nSPS) is 12.8. The maximum atomic E-state index is 12.4. The number of methoxy groups -OCH3 is 2. The second-order valence-corrected chi connectivity index (χ2v) is 22.0. The SMILES string of the molecule is COc1cc(/N=N/c2cc(S(=O)(=O)O)c3cc(SOOO)cc(S(=O)(=O)O)c3c2)ccc1Nc1nc(O)nc(Nc2ccc(/N=N/c3cc(S(=O)(=O)O)c4cc(S(=O)(=O)O)cc(S(=O)(=O)O)c4c3)cc2OC)n1. The maximum Gasteiger partial charge on any atom is 0.320 e. The van der Waals surface area contributed by atoms with Crippen molar-refractivity contribution in [3.8, 4) is 17.5 Å². The molecule has 0 spiro atoms. The van der Waals surface area contributed by atoms with Gasteiger partial charge in [-0.1, -0.05) is 5.04 Å². The van der Waals surface area contributed by atoms with Crippen molar-refractivity contribution in [1.82, 2.24) is 15.0 Å². The molecule has 0 saturated heterocycles. The van der Waals surface area contributed by atoms with Gasteiger partial charge in [0.25, 0.3) is 50.6 Å². The number of fused-ring (bicyclic) bond motifs is 2. The van der Waals surface area contributed by atoms with E-state index < -0.39 is 108 Å². The van der Waals surface area contributed by atoms with Gasteiger partial charge in [-0.15, -0.1) is 4.33 Å². The van der Waals surface area contributed by atoms with Crippen molar-refractivity contribution in [3.63, 3.8) is 0 Å². The van der Waals surface area contributed by atoms with E-state index in [-0.39, 0.29) is 68.8 Å². The number of aromatic hydroxyl groups is 1. The molecule has 0 radical (unpaired) electrons. The fraction of sp³-hybridized carbons (Fsp3) is 0.0541. The molecule has 36 heteroatoms. The maximum absolute atomic E-state index is 12.4. The van der Waals surface area contributed by atoms with E-state index in [0.717, 1.165) is 30.3 Å². The molecule has 7 aromatic rings. The van der Waals surface area contributed by atoms with Crippen LogP contribution in [-0.2, 0) is 60.0 Å². The third-order valence-electron chi connectivity index (χ3n) is 9.52. The van der Waals surface area contributed by atoms with Gasteiger partial charge in [-0.3, -0.25) is 22.8 Å². The van der Waals surface area contributed by atoms with Crippen LogP contribution in [-0.4, -0.2) is 104 Å². The van der Waals surface area contributed by atoms with E-state index in [0.29, 0.717) is 18.2 Å². The molecule has 0 aliphatic carbocycles. The van der Waals surface area contributed by atoms with Crippen LogP contribution >= 0.6 is 12.0 Å². The molecule has 0 aliphatic rings. The Morgan fingerprint density at radius 3 is 1.29 bits per heavy atom. The molecule has 0 saturated carbocycles. The Balaban J connectivity index is 1.14. The van der Waals surface area contributed by atoms with Crippen LogP contribution in [0.1, 0.15) is 0 Å². The summed E-state index contributed by atoms with van der Waals surface area (Å²) < 4.78 is 187. The zero-order valence-corrected chi connectivity index (χ0v) is 40.9. The van der Waals surface area contributed by atoms with Crippen LogP contribution in [0.25, 0.3) is 21.5 Å². The van der Waals surface area contributed by atoms with Gasteiger partial charge in [0.05, 0.1) is 65.3 Å². The predicted molar refractivity (Wildman–Crippen MR) is 250 cm³/mol. The molecule has 0 atom stereocenters.